The molecule has 1 N–H and O–H groups in total. The monoisotopic (exact) mass is 332 g/mol. The van der Waals surface area contributed by atoms with Gasteiger partial charge >= 0.3 is 11.7 Å². The van der Waals surface area contributed by atoms with E-state index in [0.29, 0.717) is 0 Å². The van der Waals surface area contributed by atoms with Gasteiger partial charge in [0.25, 0.3) is 0 Å². The molecule has 0 spiro atoms. The molecule has 0 amide bonds. The van der Waals surface area contributed by atoms with Crippen molar-refractivity contribution in [3.05, 3.63) is 76.8 Å². The summed E-state index contributed by atoms with van der Waals surface area (Å²) < 4.78 is 31.2. The van der Waals surface area contributed by atoms with Gasteiger partial charge < -0.3 is 15.4 Å². The van der Waals surface area contributed by atoms with Crippen molar-refractivity contribution in [1.82, 2.24) is 0 Å². The van der Waals surface area contributed by atoms with Crippen LogP contribution in [0.5, 0.6) is 0 Å². The fourth-order valence-corrected chi connectivity index (χ4v) is 2.28. The Balaban J connectivity index is 2.68. The Morgan fingerprint density at radius 1 is 1.08 bits per heavy atom. The summed E-state index contributed by atoms with van der Waals surface area (Å²) >= 11 is 0. The SMILES string of the molecule is CCOC(=O)C(=[N+]=[N-])C(O)(c1ccc(F)cc1)c1ccc(F)cc1. The molecule has 0 fully saturated rings. The van der Waals surface area contributed by atoms with Gasteiger partial charge in [-0.05, 0) is 31.2 Å². The second kappa shape index (κ2) is 7.12. The molecule has 2 aromatic rings. The number of carbonyl (C=O) groups is 1. The maximum absolute atomic E-state index is 13.2. The van der Waals surface area contributed by atoms with Crippen molar-refractivity contribution in [2.24, 2.45) is 0 Å². The van der Waals surface area contributed by atoms with Crippen molar-refractivity contribution in [1.29, 1.82) is 0 Å². The summed E-state index contributed by atoms with van der Waals surface area (Å²) in [5.74, 6) is -2.17. The predicted octanol–water partition coefficient (Wildman–Crippen LogP) is 2.43. The summed E-state index contributed by atoms with van der Waals surface area (Å²) in [6, 6.07) is 9.19. The van der Waals surface area contributed by atoms with Crippen LogP contribution in [0.4, 0.5) is 8.78 Å². The van der Waals surface area contributed by atoms with E-state index < -0.39 is 28.9 Å². The minimum absolute atomic E-state index is 0.0131. The van der Waals surface area contributed by atoms with Crippen LogP contribution >= 0.6 is 0 Å². The van der Waals surface area contributed by atoms with E-state index in [1.54, 1.807) is 6.92 Å². The van der Waals surface area contributed by atoms with Crippen molar-refractivity contribution in [3.8, 4) is 0 Å². The van der Waals surface area contributed by atoms with Gasteiger partial charge in [-0.25, -0.2) is 13.6 Å². The molecule has 124 valence electrons. The molecule has 5 nitrogen and oxygen atoms in total. The van der Waals surface area contributed by atoms with E-state index >= 15 is 0 Å². The van der Waals surface area contributed by atoms with Gasteiger partial charge in [0, 0.05) is 11.1 Å². The number of hydrogen-bond acceptors (Lipinski definition) is 3. The molecule has 2 aromatic carbocycles. The molecule has 0 radical (unpaired) electrons. The summed E-state index contributed by atoms with van der Waals surface area (Å²) in [5, 5.41) is 11.2. The number of aliphatic hydroxyl groups is 1. The first-order chi connectivity index (χ1) is 11.4. The molecule has 0 saturated heterocycles. The quantitative estimate of drug-likeness (QED) is 0.395. The Morgan fingerprint density at radius 3 is 1.83 bits per heavy atom. The third-order valence-electron chi connectivity index (χ3n) is 3.44. The molecule has 0 unspecified atom stereocenters. The predicted molar refractivity (Wildman–Crippen MR) is 81.1 cm³/mol. The maximum Gasteiger partial charge on any atom is 0.421 e. The van der Waals surface area contributed by atoms with Gasteiger partial charge in [0.2, 0.25) is 5.60 Å². The smallest absolute Gasteiger partial charge is 0.421 e. The van der Waals surface area contributed by atoms with Crippen molar-refractivity contribution in [2.75, 3.05) is 6.61 Å². The minimum atomic E-state index is -2.25. The molecule has 0 aromatic heterocycles. The van der Waals surface area contributed by atoms with E-state index in [4.69, 9.17) is 4.74 Å². The Labute approximate surface area is 136 Å². The Hall–Kier alpha value is -2.89. The third-order valence-corrected chi connectivity index (χ3v) is 3.44. The lowest BCUT2D eigenvalue weighted by molar-refractivity contribution is -0.142. The van der Waals surface area contributed by atoms with Gasteiger partial charge in [0.15, 0.2) is 0 Å². The van der Waals surface area contributed by atoms with Gasteiger partial charge in [0.1, 0.15) is 11.6 Å². The van der Waals surface area contributed by atoms with E-state index in [1.807, 2.05) is 0 Å². The van der Waals surface area contributed by atoms with E-state index in [1.165, 1.54) is 24.3 Å². The number of nitrogens with zero attached hydrogens (tertiary/aromatic N) is 2. The molecule has 0 atom stereocenters. The molecular weight excluding hydrogens is 318 g/mol. The first kappa shape index (κ1) is 17.5. The van der Waals surface area contributed by atoms with E-state index in [2.05, 4.69) is 4.79 Å². The summed E-state index contributed by atoms with van der Waals surface area (Å²) in [6.07, 6.45) is 0. The number of esters is 1. The van der Waals surface area contributed by atoms with E-state index in [9.17, 15) is 24.2 Å². The van der Waals surface area contributed by atoms with Gasteiger partial charge in [-0.2, -0.15) is 4.79 Å². The number of benzene rings is 2. The highest BCUT2D eigenvalue weighted by Gasteiger charge is 2.49. The van der Waals surface area contributed by atoms with Crippen LogP contribution in [0.25, 0.3) is 5.53 Å². The zero-order valence-electron chi connectivity index (χ0n) is 12.7. The molecule has 24 heavy (non-hydrogen) atoms. The van der Waals surface area contributed by atoms with Crippen LogP contribution in [0.3, 0.4) is 0 Å². The van der Waals surface area contributed by atoms with Crippen LogP contribution in [-0.4, -0.2) is 28.2 Å². The Kier molecular flexibility index (Phi) is 5.18. The number of rotatable bonds is 5. The zero-order chi connectivity index (χ0) is 17.7. The van der Waals surface area contributed by atoms with E-state index in [-0.39, 0.29) is 17.7 Å². The van der Waals surface area contributed by atoms with Gasteiger partial charge in [-0.15, -0.1) is 0 Å². The minimum Gasteiger partial charge on any atom is -0.457 e. The Morgan fingerprint density at radius 2 is 1.50 bits per heavy atom. The lowest BCUT2D eigenvalue weighted by Crippen LogP contribution is -2.43. The lowest BCUT2D eigenvalue weighted by Gasteiger charge is -2.24. The van der Waals surface area contributed by atoms with Crippen molar-refractivity contribution < 1.29 is 28.2 Å². The normalized spacial score (nSPS) is 10.8. The highest BCUT2D eigenvalue weighted by molar-refractivity contribution is 6.37. The number of hydrogen-bond donors (Lipinski definition) is 1. The number of ether oxygens (including phenoxy) is 1. The average Bonchev–Trinajstić information content (AvgIpc) is 2.56. The van der Waals surface area contributed by atoms with Crippen LogP contribution in [0.2, 0.25) is 0 Å². The summed E-state index contributed by atoms with van der Waals surface area (Å²) in [7, 11) is 0. The van der Waals surface area contributed by atoms with Crippen molar-refractivity contribution in [3.63, 3.8) is 0 Å². The van der Waals surface area contributed by atoms with Gasteiger partial charge in [0.05, 0.1) is 6.61 Å². The highest BCUT2D eigenvalue weighted by Crippen LogP contribution is 2.31. The summed E-state index contributed by atoms with van der Waals surface area (Å²) in [6.45, 7) is 1.53. The van der Waals surface area contributed by atoms with Crippen molar-refractivity contribution >= 4 is 11.7 Å². The standard InChI is InChI=1S/C17H14F2N2O3/c1-2-24-16(22)15(21-20)17(23,11-3-7-13(18)8-4-11)12-5-9-14(19)10-6-12/h3-10,23H,2H2,1H3. The molecule has 2 rings (SSSR count). The van der Waals surface area contributed by atoms with Gasteiger partial charge in [-0.3, -0.25) is 0 Å². The molecule has 0 bridgehead atoms. The first-order valence-electron chi connectivity index (χ1n) is 7.07. The van der Waals surface area contributed by atoms with Crippen LogP contribution < -0.4 is 0 Å². The highest BCUT2D eigenvalue weighted by atomic mass is 19.1. The molecular formula is C17H14F2N2O3. The fourth-order valence-electron chi connectivity index (χ4n) is 2.28. The molecule has 0 heterocycles. The van der Waals surface area contributed by atoms with Crippen LogP contribution in [0.15, 0.2) is 48.5 Å². The third kappa shape index (κ3) is 3.22. The molecule has 0 aliphatic heterocycles. The first-order valence-corrected chi connectivity index (χ1v) is 7.07. The Bertz CT molecular complexity index is 737. The van der Waals surface area contributed by atoms with E-state index in [0.717, 1.165) is 24.3 Å². The molecule has 0 aliphatic rings. The second-order valence-electron chi connectivity index (χ2n) is 4.89. The average molecular weight is 332 g/mol. The largest absolute Gasteiger partial charge is 0.457 e. The topological polar surface area (TPSA) is 82.9 Å². The summed E-state index contributed by atoms with van der Waals surface area (Å²) in [5.41, 5.74) is 6.41. The number of carbonyl (C=O) groups excluding carboxylic acids is 1. The fraction of sp³-hybridized carbons (Fsp3) is 0.176. The number of halogens is 2. The zero-order valence-corrected chi connectivity index (χ0v) is 12.7. The molecule has 0 saturated carbocycles. The van der Waals surface area contributed by atoms with Crippen LogP contribution in [0.1, 0.15) is 18.1 Å². The lowest BCUT2D eigenvalue weighted by atomic mass is 9.82. The van der Waals surface area contributed by atoms with Crippen LogP contribution in [-0.2, 0) is 15.1 Å². The van der Waals surface area contributed by atoms with Gasteiger partial charge in [-0.1, -0.05) is 24.3 Å². The second-order valence-corrected chi connectivity index (χ2v) is 4.89. The molecule has 7 heteroatoms. The molecule has 0 aliphatic carbocycles. The summed E-state index contributed by atoms with van der Waals surface area (Å²) in [4.78, 5) is 15.0. The van der Waals surface area contributed by atoms with Crippen LogP contribution in [0, 0.1) is 11.6 Å². The van der Waals surface area contributed by atoms with Crippen molar-refractivity contribution in [2.45, 2.75) is 12.5 Å². The maximum atomic E-state index is 13.2.